The van der Waals surface area contributed by atoms with Crippen LogP contribution in [0.5, 0.6) is 0 Å². The minimum absolute atomic E-state index is 0.163. The molecule has 0 unspecified atom stereocenters. The first-order valence-corrected chi connectivity index (χ1v) is 10.9. The van der Waals surface area contributed by atoms with Gasteiger partial charge in [0.15, 0.2) is 0 Å². The number of anilines is 1. The van der Waals surface area contributed by atoms with Crippen molar-refractivity contribution in [1.29, 1.82) is 0 Å². The number of nitrogens with one attached hydrogen (secondary N) is 2. The van der Waals surface area contributed by atoms with Crippen LogP contribution in [0.1, 0.15) is 27.9 Å². The zero-order valence-corrected chi connectivity index (χ0v) is 18.1. The van der Waals surface area contributed by atoms with Gasteiger partial charge < -0.3 is 0 Å². The molecule has 0 spiro atoms. The number of aromatic amines is 1. The van der Waals surface area contributed by atoms with Gasteiger partial charge in [0, 0.05) is 16.5 Å². The molecule has 0 atom stereocenters. The largest absolute Gasteiger partial charge is 0.279 e. The third kappa shape index (κ3) is 4.34. The van der Waals surface area contributed by atoms with Gasteiger partial charge in [-0.05, 0) is 67.8 Å². The fourth-order valence-electron chi connectivity index (χ4n) is 2.80. The number of nitrogens with zero attached hydrogens (tertiary/aromatic N) is 1. The summed E-state index contributed by atoms with van der Waals surface area (Å²) in [5.41, 5.74) is 4.29. The summed E-state index contributed by atoms with van der Waals surface area (Å²) >= 11 is 3.44. The van der Waals surface area contributed by atoms with Gasteiger partial charge in [0.05, 0.1) is 16.3 Å². The van der Waals surface area contributed by atoms with Gasteiger partial charge in [0.2, 0.25) is 0 Å². The van der Waals surface area contributed by atoms with Gasteiger partial charge in [-0.25, -0.2) is 13.5 Å². The molecule has 3 aromatic rings. The van der Waals surface area contributed by atoms with E-state index >= 15 is 0 Å². The van der Waals surface area contributed by atoms with Crippen molar-refractivity contribution in [3.05, 3.63) is 85.2 Å². The molecule has 2 aromatic carbocycles. The number of aromatic nitrogens is 2. The lowest BCUT2D eigenvalue weighted by atomic mass is 10.1. The van der Waals surface area contributed by atoms with E-state index in [0.29, 0.717) is 17.7 Å². The van der Waals surface area contributed by atoms with Crippen LogP contribution in [-0.4, -0.2) is 18.6 Å². The molecule has 0 fully saturated rings. The molecule has 3 rings (SSSR count). The van der Waals surface area contributed by atoms with E-state index in [4.69, 9.17) is 0 Å². The Morgan fingerprint density at radius 1 is 1.04 bits per heavy atom. The molecule has 8 heteroatoms. The normalized spacial score (nSPS) is 11.4. The molecule has 1 heterocycles. The van der Waals surface area contributed by atoms with Gasteiger partial charge in [-0.3, -0.25) is 9.52 Å². The van der Waals surface area contributed by atoms with Crippen molar-refractivity contribution in [2.75, 3.05) is 4.72 Å². The minimum atomic E-state index is -3.71. The molecular weight excluding hydrogens is 442 g/mol. The van der Waals surface area contributed by atoms with Crippen molar-refractivity contribution in [2.24, 2.45) is 0 Å². The number of halogens is 1. The number of hydrogen-bond donors (Lipinski definition) is 2. The second-order valence-electron chi connectivity index (χ2n) is 6.63. The Bertz CT molecular complexity index is 1190. The zero-order valence-electron chi connectivity index (χ0n) is 15.7. The molecular formula is C20H20BrN3O3S. The molecule has 0 radical (unpaired) electrons. The number of sulfonamides is 1. The van der Waals surface area contributed by atoms with Crippen LogP contribution in [-0.2, 0) is 16.4 Å². The van der Waals surface area contributed by atoms with Crippen LogP contribution >= 0.6 is 15.9 Å². The molecule has 146 valence electrons. The van der Waals surface area contributed by atoms with Crippen molar-refractivity contribution in [3.63, 3.8) is 0 Å². The third-order valence-corrected chi connectivity index (χ3v) is 6.84. The van der Waals surface area contributed by atoms with Crippen molar-refractivity contribution in [3.8, 4) is 0 Å². The maximum absolute atomic E-state index is 12.7. The molecule has 1 aromatic heterocycles. The standard InChI is InChI=1S/C20H20BrN3O3S/c1-12-10-16(20(25)23-22-12)11-15-4-6-17(7-5-15)28(26,27)24-19-9-8-18(21)13(2)14(19)3/h4-10,24H,11H2,1-3H3,(H,23,25). The maximum atomic E-state index is 12.7. The van der Waals surface area contributed by atoms with E-state index in [0.717, 1.165) is 26.9 Å². The van der Waals surface area contributed by atoms with Crippen LogP contribution in [0.3, 0.4) is 0 Å². The predicted octanol–water partition coefficient (Wildman–Crippen LogP) is 3.85. The number of hydrogen-bond acceptors (Lipinski definition) is 4. The van der Waals surface area contributed by atoms with Crippen molar-refractivity contribution >= 4 is 31.6 Å². The Morgan fingerprint density at radius 3 is 2.39 bits per heavy atom. The van der Waals surface area contributed by atoms with Crippen molar-refractivity contribution in [1.82, 2.24) is 10.2 Å². The smallest absolute Gasteiger partial charge is 0.267 e. The lowest BCUT2D eigenvalue weighted by Gasteiger charge is -2.13. The Kier molecular flexibility index (Phi) is 5.71. The average molecular weight is 462 g/mol. The van der Waals surface area contributed by atoms with Crippen LogP contribution < -0.4 is 10.3 Å². The molecule has 0 aliphatic heterocycles. The van der Waals surface area contributed by atoms with Gasteiger partial charge in [0.25, 0.3) is 15.6 Å². The highest BCUT2D eigenvalue weighted by atomic mass is 79.9. The van der Waals surface area contributed by atoms with Gasteiger partial charge in [-0.2, -0.15) is 5.10 Å². The Balaban J connectivity index is 1.83. The lowest BCUT2D eigenvalue weighted by molar-refractivity contribution is 0.601. The first-order valence-electron chi connectivity index (χ1n) is 8.60. The van der Waals surface area contributed by atoms with Gasteiger partial charge in [-0.1, -0.05) is 28.1 Å². The lowest BCUT2D eigenvalue weighted by Crippen LogP contribution is -2.15. The van der Waals surface area contributed by atoms with E-state index in [2.05, 4.69) is 30.8 Å². The average Bonchev–Trinajstić information content (AvgIpc) is 2.66. The van der Waals surface area contributed by atoms with Crippen LogP contribution in [0.4, 0.5) is 5.69 Å². The van der Waals surface area contributed by atoms with Gasteiger partial charge >= 0.3 is 0 Å². The molecule has 0 amide bonds. The first kappa shape index (κ1) is 20.3. The Hall–Kier alpha value is -2.45. The summed E-state index contributed by atoms with van der Waals surface area (Å²) in [7, 11) is -3.71. The summed E-state index contributed by atoms with van der Waals surface area (Å²) in [5.74, 6) is 0. The van der Waals surface area contributed by atoms with E-state index in [-0.39, 0.29) is 10.5 Å². The fourth-order valence-corrected chi connectivity index (χ4v) is 4.35. The van der Waals surface area contributed by atoms with Crippen molar-refractivity contribution < 1.29 is 8.42 Å². The summed E-state index contributed by atoms with van der Waals surface area (Å²) in [6.07, 6.45) is 0.400. The molecule has 0 aliphatic carbocycles. The summed E-state index contributed by atoms with van der Waals surface area (Å²) < 4.78 is 29.0. The quantitative estimate of drug-likeness (QED) is 0.603. The summed E-state index contributed by atoms with van der Waals surface area (Å²) in [5, 5.41) is 6.31. The van der Waals surface area contributed by atoms with Crippen LogP contribution in [0.2, 0.25) is 0 Å². The predicted molar refractivity (Wildman–Crippen MR) is 113 cm³/mol. The Morgan fingerprint density at radius 2 is 1.71 bits per heavy atom. The first-order chi connectivity index (χ1) is 13.2. The molecule has 0 saturated carbocycles. The fraction of sp³-hybridized carbons (Fsp3) is 0.200. The molecule has 0 aliphatic rings. The van der Waals surface area contributed by atoms with E-state index in [1.807, 2.05) is 19.9 Å². The van der Waals surface area contributed by atoms with Crippen LogP contribution in [0.15, 0.2) is 56.6 Å². The summed E-state index contributed by atoms with van der Waals surface area (Å²) in [6, 6.07) is 11.8. The topological polar surface area (TPSA) is 91.9 Å². The second-order valence-corrected chi connectivity index (χ2v) is 9.17. The Labute approximate surface area is 172 Å². The maximum Gasteiger partial charge on any atom is 0.267 e. The van der Waals surface area contributed by atoms with E-state index < -0.39 is 10.0 Å². The minimum Gasteiger partial charge on any atom is -0.279 e. The van der Waals surface area contributed by atoms with E-state index in [9.17, 15) is 13.2 Å². The highest BCUT2D eigenvalue weighted by Crippen LogP contribution is 2.27. The summed E-state index contributed by atoms with van der Waals surface area (Å²) in [4.78, 5) is 12.0. The monoisotopic (exact) mass is 461 g/mol. The molecule has 28 heavy (non-hydrogen) atoms. The second kappa shape index (κ2) is 7.89. The molecule has 0 saturated heterocycles. The SMILES string of the molecule is Cc1cc(Cc2ccc(S(=O)(=O)Nc3ccc(Br)c(C)c3C)cc2)c(=O)[nH]n1. The van der Waals surface area contributed by atoms with Gasteiger partial charge in [0.1, 0.15) is 0 Å². The van der Waals surface area contributed by atoms with E-state index in [1.165, 1.54) is 0 Å². The van der Waals surface area contributed by atoms with Crippen LogP contribution in [0, 0.1) is 20.8 Å². The number of H-pyrrole nitrogens is 1. The number of rotatable bonds is 5. The van der Waals surface area contributed by atoms with Crippen LogP contribution in [0.25, 0.3) is 0 Å². The molecule has 2 N–H and O–H groups in total. The highest BCUT2D eigenvalue weighted by Gasteiger charge is 2.16. The number of benzene rings is 2. The zero-order chi connectivity index (χ0) is 20.5. The van der Waals surface area contributed by atoms with E-state index in [1.54, 1.807) is 43.3 Å². The third-order valence-electron chi connectivity index (χ3n) is 4.60. The molecule has 0 bridgehead atoms. The highest BCUT2D eigenvalue weighted by molar-refractivity contribution is 9.10. The van der Waals surface area contributed by atoms with Crippen molar-refractivity contribution in [2.45, 2.75) is 32.1 Å². The number of aryl methyl sites for hydroxylation is 1. The molecule has 6 nitrogen and oxygen atoms in total. The van der Waals surface area contributed by atoms with Gasteiger partial charge in [-0.15, -0.1) is 0 Å². The summed E-state index contributed by atoms with van der Waals surface area (Å²) in [6.45, 7) is 5.59.